The van der Waals surface area contributed by atoms with E-state index in [2.05, 4.69) is 9.71 Å². The van der Waals surface area contributed by atoms with Crippen molar-refractivity contribution in [2.45, 2.75) is 5.03 Å². The predicted octanol–water partition coefficient (Wildman–Crippen LogP) is 4.78. The number of carboxylic acid groups (broad SMARTS) is 1. The van der Waals surface area contributed by atoms with Gasteiger partial charge in [0.25, 0.3) is 0 Å². The fourth-order valence-electron chi connectivity index (χ4n) is 2.08. The Balaban J connectivity index is 1.75. The number of aromatic nitrogens is 1. The van der Waals surface area contributed by atoms with Gasteiger partial charge in [-0.15, -0.1) is 11.3 Å². The highest BCUT2D eigenvalue weighted by molar-refractivity contribution is 8.00. The molecule has 2 aromatic carbocycles. The molecule has 3 rings (SSSR count). The summed E-state index contributed by atoms with van der Waals surface area (Å²) in [5.41, 5.74) is 1.23. The van der Waals surface area contributed by atoms with Crippen molar-refractivity contribution in [3.05, 3.63) is 59.2 Å². The summed E-state index contributed by atoms with van der Waals surface area (Å²) < 4.78 is 22.1. The summed E-state index contributed by atoms with van der Waals surface area (Å²) in [4.78, 5) is 15.4. The van der Waals surface area contributed by atoms with Gasteiger partial charge in [0.15, 0.2) is 0 Å². The maximum Gasteiger partial charge on any atom is 0.335 e. The summed E-state index contributed by atoms with van der Waals surface area (Å²) in [6.07, 6.45) is 0. The Labute approximate surface area is 151 Å². The number of aromatic carboxylic acids is 1. The number of methoxy groups -OCH3 is 1. The average molecular weight is 376 g/mol. The molecule has 2 N–H and O–H groups in total. The fraction of sp³-hybridized carbons (Fsp3) is 0.0588. The number of ether oxygens (including phenoxy) is 1. The van der Waals surface area contributed by atoms with Gasteiger partial charge in [0.1, 0.15) is 21.6 Å². The third-order valence-electron chi connectivity index (χ3n) is 3.30. The van der Waals surface area contributed by atoms with Crippen LogP contribution in [-0.2, 0) is 0 Å². The Morgan fingerprint density at radius 3 is 2.84 bits per heavy atom. The molecule has 1 aromatic heterocycles. The summed E-state index contributed by atoms with van der Waals surface area (Å²) in [7, 11) is 1.47. The lowest BCUT2D eigenvalue weighted by atomic mass is 10.2. The van der Waals surface area contributed by atoms with E-state index >= 15 is 0 Å². The molecule has 0 aliphatic heterocycles. The molecule has 0 spiro atoms. The van der Waals surface area contributed by atoms with E-state index in [4.69, 9.17) is 9.84 Å². The molecule has 0 fully saturated rings. The minimum atomic E-state index is -1.02. The molecule has 0 aliphatic carbocycles. The van der Waals surface area contributed by atoms with Gasteiger partial charge in [-0.05, 0) is 30.3 Å². The lowest BCUT2D eigenvalue weighted by Crippen LogP contribution is -1.99. The zero-order valence-corrected chi connectivity index (χ0v) is 14.7. The van der Waals surface area contributed by atoms with E-state index in [0.717, 1.165) is 0 Å². The molecule has 128 valence electrons. The number of thiazole rings is 1. The molecule has 8 heteroatoms. The molecular formula is C17H13FN2O3S2. The molecule has 0 saturated heterocycles. The van der Waals surface area contributed by atoms with Crippen LogP contribution in [0, 0.1) is 5.82 Å². The summed E-state index contributed by atoms with van der Waals surface area (Å²) in [6.45, 7) is 0. The Hall–Kier alpha value is -2.58. The van der Waals surface area contributed by atoms with Gasteiger partial charge in [0, 0.05) is 22.9 Å². The summed E-state index contributed by atoms with van der Waals surface area (Å²) >= 11 is 2.59. The van der Waals surface area contributed by atoms with Gasteiger partial charge in [-0.2, -0.15) is 0 Å². The monoisotopic (exact) mass is 376 g/mol. The van der Waals surface area contributed by atoms with Crippen molar-refractivity contribution >= 4 is 34.9 Å². The topological polar surface area (TPSA) is 71.5 Å². The molecule has 0 aliphatic rings. The number of nitrogens with one attached hydrogen (secondary N) is 1. The Bertz CT molecular complexity index is 914. The molecular weight excluding hydrogens is 363 g/mol. The van der Waals surface area contributed by atoms with Gasteiger partial charge in [-0.25, -0.2) is 14.2 Å². The highest BCUT2D eigenvalue weighted by atomic mass is 32.2. The SMILES string of the molecule is COc1cc(C(=O)O)ccc1NSc1csc(-c2ccccc2F)n1. The minimum absolute atomic E-state index is 0.142. The molecule has 1 heterocycles. The van der Waals surface area contributed by atoms with Gasteiger partial charge < -0.3 is 14.6 Å². The number of benzene rings is 2. The van der Waals surface area contributed by atoms with E-state index in [1.165, 1.54) is 48.6 Å². The lowest BCUT2D eigenvalue weighted by Gasteiger charge is -2.10. The van der Waals surface area contributed by atoms with E-state index in [1.54, 1.807) is 24.3 Å². The minimum Gasteiger partial charge on any atom is -0.495 e. The highest BCUT2D eigenvalue weighted by Crippen LogP contribution is 2.33. The number of rotatable bonds is 6. The lowest BCUT2D eigenvalue weighted by molar-refractivity contribution is 0.0696. The van der Waals surface area contributed by atoms with Crippen molar-refractivity contribution < 1.29 is 19.0 Å². The smallest absolute Gasteiger partial charge is 0.335 e. The predicted molar refractivity (Wildman–Crippen MR) is 96.9 cm³/mol. The fourth-order valence-corrected chi connectivity index (χ4v) is 3.70. The normalized spacial score (nSPS) is 10.5. The largest absolute Gasteiger partial charge is 0.495 e. The van der Waals surface area contributed by atoms with E-state index in [9.17, 15) is 9.18 Å². The number of halogens is 1. The third kappa shape index (κ3) is 3.92. The molecule has 0 saturated carbocycles. The van der Waals surface area contributed by atoms with Crippen molar-refractivity contribution in [3.8, 4) is 16.3 Å². The molecule has 0 amide bonds. The van der Waals surface area contributed by atoms with E-state index in [-0.39, 0.29) is 11.4 Å². The Morgan fingerprint density at radius 1 is 1.32 bits per heavy atom. The Morgan fingerprint density at radius 2 is 2.12 bits per heavy atom. The number of carboxylic acids is 1. The van der Waals surface area contributed by atoms with Gasteiger partial charge in [0.05, 0.1) is 18.4 Å². The summed E-state index contributed by atoms with van der Waals surface area (Å²) in [5, 5.41) is 12.1. The van der Waals surface area contributed by atoms with Crippen LogP contribution in [0.5, 0.6) is 5.75 Å². The van der Waals surface area contributed by atoms with Crippen LogP contribution in [0.15, 0.2) is 52.9 Å². The van der Waals surface area contributed by atoms with Crippen LogP contribution in [0.2, 0.25) is 0 Å². The maximum atomic E-state index is 13.8. The van der Waals surface area contributed by atoms with Crippen LogP contribution >= 0.6 is 23.3 Å². The number of hydrogen-bond acceptors (Lipinski definition) is 6. The second-order valence-corrected chi connectivity index (χ2v) is 6.58. The van der Waals surface area contributed by atoms with Crippen molar-refractivity contribution in [3.63, 3.8) is 0 Å². The molecule has 25 heavy (non-hydrogen) atoms. The van der Waals surface area contributed by atoms with Crippen molar-refractivity contribution in [2.24, 2.45) is 0 Å². The number of nitrogens with zero attached hydrogens (tertiary/aromatic N) is 1. The molecule has 3 aromatic rings. The first-order chi connectivity index (χ1) is 12.1. The van der Waals surface area contributed by atoms with Crippen molar-refractivity contribution in [1.29, 1.82) is 0 Å². The molecule has 0 unspecified atom stereocenters. The van der Waals surface area contributed by atoms with Gasteiger partial charge in [-0.3, -0.25) is 0 Å². The number of hydrogen-bond donors (Lipinski definition) is 2. The van der Waals surface area contributed by atoms with Crippen LogP contribution < -0.4 is 9.46 Å². The van der Waals surface area contributed by atoms with Crippen molar-refractivity contribution in [1.82, 2.24) is 4.98 Å². The second-order valence-electron chi connectivity index (χ2n) is 4.90. The van der Waals surface area contributed by atoms with Gasteiger partial charge in [0.2, 0.25) is 0 Å². The molecule has 5 nitrogen and oxygen atoms in total. The van der Waals surface area contributed by atoms with Crippen LogP contribution in [0.3, 0.4) is 0 Å². The van der Waals surface area contributed by atoms with Crippen LogP contribution in [0.4, 0.5) is 10.1 Å². The van der Waals surface area contributed by atoms with Crippen LogP contribution in [-0.4, -0.2) is 23.2 Å². The zero-order valence-electron chi connectivity index (χ0n) is 13.0. The maximum absolute atomic E-state index is 13.8. The van der Waals surface area contributed by atoms with Gasteiger partial charge in [-0.1, -0.05) is 12.1 Å². The van der Waals surface area contributed by atoms with E-state index in [1.807, 2.05) is 5.38 Å². The van der Waals surface area contributed by atoms with Crippen LogP contribution in [0.25, 0.3) is 10.6 Å². The Kier molecular flexibility index (Phi) is 5.20. The zero-order chi connectivity index (χ0) is 17.8. The third-order valence-corrected chi connectivity index (χ3v) is 5.07. The van der Waals surface area contributed by atoms with Crippen LogP contribution in [0.1, 0.15) is 10.4 Å². The van der Waals surface area contributed by atoms with Gasteiger partial charge >= 0.3 is 5.97 Å². The quantitative estimate of drug-likeness (QED) is 0.604. The standard InChI is InChI=1S/C17H13FN2O3S2/c1-23-14-8-10(17(21)22)6-7-13(14)20-25-15-9-24-16(19-15)11-4-2-3-5-12(11)18/h2-9,20H,1H3,(H,21,22). The number of anilines is 1. The second kappa shape index (κ2) is 7.54. The van der Waals surface area contributed by atoms with E-state index < -0.39 is 5.97 Å². The first-order valence-corrected chi connectivity index (χ1v) is 8.82. The van der Waals surface area contributed by atoms with E-state index in [0.29, 0.717) is 27.0 Å². The summed E-state index contributed by atoms with van der Waals surface area (Å²) in [5.74, 6) is -0.921. The number of carbonyl (C=O) groups is 1. The highest BCUT2D eigenvalue weighted by Gasteiger charge is 2.12. The molecule has 0 atom stereocenters. The molecule has 0 bridgehead atoms. The first-order valence-electron chi connectivity index (χ1n) is 7.13. The van der Waals surface area contributed by atoms with Crippen molar-refractivity contribution in [2.75, 3.05) is 11.8 Å². The first kappa shape index (κ1) is 17.2. The molecule has 0 radical (unpaired) electrons. The summed E-state index contributed by atoms with van der Waals surface area (Å²) in [6, 6.07) is 11.0. The average Bonchev–Trinajstić information content (AvgIpc) is 3.08.